The van der Waals surface area contributed by atoms with Gasteiger partial charge in [0.05, 0.1) is 17.5 Å². The van der Waals surface area contributed by atoms with Crippen molar-refractivity contribution in [2.45, 2.75) is 0 Å². The molecule has 0 saturated carbocycles. The Morgan fingerprint density at radius 2 is 1.90 bits per heavy atom. The molecule has 1 aliphatic rings. The number of rotatable bonds is 2. The zero-order valence-electron chi connectivity index (χ0n) is 10.9. The Hall–Kier alpha value is -2.21. The summed E-state index contributed by atoms with van der Waals surface area (Å²) in [5.41, 5.74) is 1.91. The van der Waals surface area contributed by atoms with Gasteiger partial charge in [0, 0.05) is 31.7 Å². The Labute approximate surface area is 115 Å². The van der Waals surface area contributed by atoms with Crippen LogP contribution in [0.4, 0.5) is 4.39 Å². The fraction of sp³-hybridized carbons (Fsp3) is 0.286. The van der Waals surface area contributed by atoms with Crippen LogP contribution in [0.2, 0.25) is 0 Å². The molecule has 1 aromatic heterocycles. The van der Waals surface area contributed by atoms with E-state index >= 15 is 0 Å². The molecule has 6 heteroatoms. The van der Waals surface area contributed by atoms with Crippen LogP contribution in [0.1, 0.15) is 10.4 Å². The van der Waals surface area contributed by atoms with Gasteiger partial charge in [-0.15, -0.1) is 0 Å². The summed E-state index contributed by atoms with van der Waals surface area (Å²) in [4.78, 5) is 14.3. The summed E-state index contributed by atoms with van der Waals surface area (Å²) < 4.78 is 13.0. The molecule has 0 radical (unpaired) electrons. The number of nitrogens with zero attached hydrogens (tertiary/aromatic N) is 2. The molecule has 20 heavy (non-hydrogen) atoms. The number of H-pyrrole nitrogens is 1. The summed E-state index contributed by atoms with van der Waals surface area (Å²) in [6, 6.07) is 6.01. The van der Waals surface area contributed by atoms with Gasteiger partial charge < -0.3 is 10.2 Å². The van der Waals surface area contributed by atoms with Crippen LogP contribution >= 0.6 is 0 Å². The maximum Gasteiger partial charge on any atom is 0.257 e. The highest BCUT2D eigenvalue weighted by molar-refractivity contribution is 5.99. The van der Waals surface area contributed by atoms with Crippen molar-refractivity contribution in [3.63, 3.8) is 0 Å². The first kappa shape index (κ1) is 12.8. The molecule has 2 aromatic rings. The van der Waals surface area contributed by atoms with Gasteiger partial charge in [0.1, 0.15) is 5.82 Å². The standard InChI is InChI=1S/C14H15FN4O/c15-11-3-1-10(2-4-11)13-12(9-17-18-13)14(20)19-7-5-16-6-8-19/h1-4,9,16H,5-8H2,(H,17,18). The Balaban J connectivity index is 1.89. The summed E-state index contributed by atoms with van der Waals surface area (Å²) in [6.45, 7) is 2.98. The second-order valence-electron chi connectivity index (χ2n) is 4.71. The number of hydrogen-bond donors (Lipinski definition) is 2. The van der Waals surface area contributed by atoms with Crippen molar-refractivity contribution >= 4 is 5.91 Å². The third kappa shape index (κ3) is 2.42. The van der Waals surface area contributed by atoms with Crippen LogP contribution in [0.3, 0.4) is 0 Å². The van der Waals surface area contributed by atoms with E-state index in [-0.39, 0.29) is 11.7 Å². The van der Waals surface area contributed by atoms with Gasteiger partial charge in [-0.3, -0.25) is 9.89 Å². The molecule has 3 rings (SSSR count). The number of hydrogen-bond acceptors (Lipinski definition) is 3. The number of carbonyl (C=O) groups excluding carboxylic acids is 1. The summed E-state index contributed by atoms with van der Waals surface area (Å²) in [6.07, 6.45) is 1.53. The molecule has 1 aliphatic heterocycles. The molecule has 0 spiro atoms. The SMILES string of the molecule is O=C(c1cn[nH]c1-c1ccc(F)cc1)N1CCNCC1. The molecule has 104 valence electrons. The predicted molar refractivity (Wildman–Crippen MR) is 72.8 cm³/mol. The molecule has 0 unspecified atom stereocenters. The smallest absolute Gasteiger partial charge is 0.257 e. The highest BCUT2D eigenvalue weighted by Gasteiger charge is 2.22. The van der Waals surface area contributed by atoms with E-state index in [0.717, 1.165) is 18.7 Å². The summed E-state index contributed by atoms with van der Waals surface area (Å²) in [5.74, 6) is -0.345. The third-order valence-corrected chi connectivity index (χ3v) is 3.41. The lowest BCUT2D eigenvalue weighted by Crippen LogP contribution is -2.46. The number of carbonyl (C=O) groups is 1. The maximum absolute atomic E-state index is 13.0. The lowest BCUT2D eigenvalue weighted by molar-refractivity contribution is 0.0736. The van der Waals surface area contributed by atoms with Gasteiger partial charge in [-0.2, -0.15) is 5.10 Å². The first-order valence-electron chi connectivity index (χ1n) is 6.55. The quantitative estimate of drug-likeness (QED) is 0.866. The van der Waals surface area contributed by atoms with Crippen molar-refractivity contribution in [1.82, 2.24) is 20.4 Å². The van der Waals surface area contributed by atoms with Gasteiger partial charge in [0.25, 0.3) is 5.91 Å². The van der Waals surface area contributed by atoms with E-state index in [1.807, 2.05) is 0 Å². The van der Waals surface area contributed by atoms with Crippen molar-refractivity contribution in [1.29, 1.82) is 0 Å². The molecule has 1 fully saturated rings. The highest BCUT2D eigenvalue weighted by atomic mass is 19.1. The van der Waals surface area contributed by atoms with Crippen molar-refractivity contribution in [2.24, 2.45) is 0 Å². The Morgan fingerprint density at radius 3 is 2.60 bits per heavy atom. The van der Waals surface area contributed by atoms with Crippen LogP contribution in [0.15, 0.2) is 30.5 Å². The van der Waals surface area contributed by atoms with Gasteiger partial charge >= 0.3 is 0 Å². The second kappa shape index (κ2) is 5.42. The molecule has 1 saturated heterocycles. The van der Waals surface area contributed by atoms with E-state index in [0.29, 0.717) is 24.3 Å². The van der Waals surface area contributed by atoms with E-state index in [4.69, 9.17) is 0 Å². The van der Waals surface area contributed by atoms with Crippen molar-refractivity contribution < 1.29 is 9.18 Å². The van der Waals surface area contributed by atoms with Gasteiger partial charge in [-0.05, 0) is 24.3 Å². The summed E-state index contributed by atoms with van der Waals surface area (Å²) in [5, 5.41) is 9.99. The summed E-state index contributed by atoms with van der Waals surface area (Å²) >= 11 is 0. The minimum Gasteiger partial charge on any atom is -0.336 e. The largest absolute Gasteiger partial charge is 0.336 e. The third-order valence-electron chi connectivity index (χ3n) is 3.41. The van der Waals surface area contributed by atoms with Crippen LogP contribution in [-0.2, 0) is 0 Å². The molecule has 2 N–H and O–H groups in total. The first-order valence-corrected chi connectivity index (χ1v) is 6.55. The van der Waals surface area contributed by atoms with E-state index in [1.165, 1.54) is 18.3 Å². The van der Waals surface area contributed by atoms with E-state index < -0.39 is 0 Å². The van der Waals surface area contributed by atoms with Crippen LogP contribution in [0.25, 0.3) is 11.3 Å². The molecular weight excluding hydrogens is 259 g/mol. The Kier molecular flexibility index (Phi) is 3.47. The van der Waals surface area contributed by atoms with Crippen molar-refractivity contribution in [2.75, 3.05) is 26.2 Å². The Morgan fingerprint density at radius 1 is 1.20 bits per heavy atom. The van der Waals surface area contributed by atoms with Crippen LogP contribution < -0.4 is 5.32 Å². The Bertz CT molecular complexity index is 602. The lowest BCUT2D eigenvalue weighted by atomic mass is 10.1. The molecule has 2 heterocycles. The van der Waals surface area contributed by atoms with Crippen molar-refractivity contribution in [3.8, 4) is 11.3 Å². The van der Waals surface area contributed by atoms with Crippen molar-refractivity contribution in [3.05, 3.63) is 41.8 Å². The maximum atomic E-state index is 13.0. The number of benzene rings is 1. The molecule has 0 bridgehead atoms. The molecule has 5 nitrogen and oxygen atoms in total. The minimum absolute atomic E-state index is 0.0421. The minimum atomic E-state index is -0.303. The topological polar surface area (TPSA) is 61.0 Å². The van der Waals surface area contributed by atoms with Gasteiger partial charge in [-0.25, -0.2) is 4.39 Å². The number of amides is 1. The second-order valence-corrected chi connectivity index (χ2v) is 4.71. The number of aromatic nitrogens is 2. The normalized spacial score (nSPS) is 15.3. The predicted octanol–water partition coefficient (Wildman–Crippen LogP) is 1.26. The van der Waals surface area contributed by atoms with E-state index in [2.05, 4.69) is 15.5 Å². The lowest BCUT2D eigenvalue weighted by Gasteiger charge is -2.27. The van der Waals surface area contributed by atoms with E-state index in [9.17, 15) is 9.18 Å². The molecule has 1 aromatic carbocycles. The molecule has 0 atom stereocenters. The zero-order valence-corrected chi connectivity index (χ0v) is 10.9. The summed E-state index contributed by atoms with van der Waals surface area (Å²) in [7, 11) is 0. The average molecular weight is 274 g/mol. The average Bonchev–Trinajstić information content (AvgIpc) is 2.97. The van der Waals surface area contributed by atoms with E-state index in [1.54, 1.807) is 17.0 Å². The number of halogens is 1. The number of nitrogens with one attached hydrogen (secondary N) is 2. The fourth-order valence-electron chi connectivity index (χ4n) is 2.32. The number of piperazine rings is 1. The van der Waals surface area contributed by atoms with Crippen LogP contribution in [0, 0.1) is 5.82 Å². The number of aromatic amines is 1. The molecule has 1 amide bonds. The van der Waals surface area contributed by atoms with Crippen LogP contribution in [0.5, 0.6) is 0 Å². The molecular formula is C14H15FN4O. The van der Waals surface area contributed by atoms with Gasteiger partial charge in [0.2, 0.25) is 0 Å². The molecule has 0 aliphatic carbocycles. The fourth-order valence-corrected chi connectivity index (χ4v) is 2.32. The van der Waals surface area contributed by atoms with Crippen LogP contribution in [-0.4, -0.2) is 47.2 Å². The highest BCUT2D eigenvalue weighted by Crippen LogP contribution is 2.22. The van der Waals surface area contributed by atoms with Gasteiger partial charge in [0.15, 0.2) is 0 Å². The first-order chi connectivity index (χ1) is 9.75. The monoisotopic (exact) mass is 274 g/mol. The zero-order chi connectivity index (χ0) is 13.9. The van der Waals surface area contributed by atoms with Gasteiger partial charge in [-0.1, -0.05) is 0 Å².